The first-order valence-corrected chi connectivity index (χ1v) is 11.6. The van der Waals surface area contributed by atoms with Gasteiger partial charge in [-0.3, -0.25) is 4.72 Å². The molecule has 14 heteroatoms. The number of benzene rings is 1. The lowest BCUT2D eigenvalue weighted by molar-refractivity contribution is -0.192. The van der Waals surface area contributed by atoms with Crippen molar-refractivity contribution >= 4 is 38.1 Å². The molecule has 0 aliphatic rings. The maximum absolute atomic E-state index is 13.0. The largest absolute Gasteiger partial charge is 0.490 e. The van der Waals surface area contributed by atoms with Crippen LogP contribution in [-0.2, 0) is 14.8 Å². The van der Waals surface area contributed by atoms with Gasteiger partial charge in [0.1, 0.15) is 0 Å². The van der Waals surface area contributed by atoms with Crippen molar-refractivity contribution in [2.24, 2.45) is 0 Å². The molecule has 0 aliphatic carbocycles. The second kappa shape index (κ2) is 10.3. The van der Waals surface area contributed by atoms with Gasteiger partial charge in [0, 0.05) is 5.56 Å². The van der Waals surface area contributed by atoms with Crippen molar-refractivity contribution in [3.05, 3.63) is 47.3 Å². The smallest absolute Gasteiger partial charge is 0.481 e. The third kappa shape index (κ3) is 6.57. The van der Waals surface area contributed by atoms with Crippen LogP contribution in [0.15, 0.2) is 35.4 Å². The number of nitrogen functional groups attached to an aromatic ring is 1. The van der Waals surface area contributed by atoms with Crippen LogP contribution in [0.3, 0.4) is 0 Å². The number of hydrogen-bond donors (Lipinski definition) is 3. The van der Waals surface area contributed by atoms with Crippen LogP contribution in [-0.4, -0.2) is 42.7 Å². The average molecular weight is 519 g/mol. The molecule has 2 aromatic heterocycles. The molecule has 0 fully saturated rings. The van der Waals surface area contributed by atoms with Crippen LogP contribution in [0.2, 0.25) is 0 Å². The summed E-state index contributed by atoms with van der Waals surface area (Å²) in [7, 11) is -2.28. The summed E-state index contributed by atoms with van der Waals surface area (Å²) in [6, 6.07) is 6.96. The van der Waals surface area contributed by atoms with E-state index in [4.69, 9.17) is 20.4 Å². The third-order valence-electron chi connectivity index (χ3n) is 4.27. The lowest BCUT2D eigenvalue weighted by atomic mass is 10.1. The minimum atomic E-state index is -5.08. The van der Waals surface area contributed by atoms with Gasteiger partial charge in [0.05, 0.1) is 34.5 Å². The molecule has 9 nitrogen and oxygen atoms in total. The molecule has 34 heavy (non-hydrogen) atoms. The van der Waals surface area contributed by atoms with E-state index in [0.29, 0.717) is 22.3 Å². The summed E-state index contributed by atoms with van der Waals surface area (Å²) in [6.07, 6.45) is -3.66. The number of aliphatic carboxylic acids is 1. The number of sulfonamides is 1. The second-order valence-electron chi connectivity index (χ2n) is 6.91. The summed E-state index contributed by atoms with van der Waals surface area (Å²) >= 11 is 1.33. The predicted molar refractivity (Wildman–Crippen MR) is 121 cm³/mol. The minimum absolute atomic E-state index is 0.194. The standard InChI is InChI=1S/C18H20N4O3S2.C2HF3O2/c1-10-5-6-13(16-12(3)21-18(19)26-16)8-15(10)27(23,24)22-14-7-11(2)17(25-4)20-9-14;3-2(4,5)1(6)7/h5-9,22H,1-4H3,(H2,19,21);(H,6,7). The van der Waals surface area contributed by atoms with Crippen molar-refractivity contribution in [2.75, 3.05) is 17.6 Å². The van der Waals surface area contributed by atoms with Crippen molar-refractivity contribution in [1.29, 1.82) is 0 Å². The Bertz CT molecular complexity index is 1310. The van der Waals surface area contributed by atoms with E-state index in [2.05, 4.69) is 14.7 Å². The first-order valence-electron chi connectivity index (χ1n) is 9.33. The van der Waals surface area contributed by atoms with Gasteiger partial charge < -0.3 is 15.6 Å². The van der Waals surface area contributed by atoms with Crippen LogP contribution in [0.25, 0.3) is 10.4 Å². The second-order valence-corrected chi connectivity index (χ2v) is 9.59. The van der Waals surface area contributed by atoms with Crippen LogP contribution >= 0.6 is 11.3 Å². The Kier molecular flexibility index (Phi) is 8.10. The van der Waals surface area contributed by atoms with Crippen LogP contribution in [0.4, 0.5) is 24.0 Å². The lowest BCUT2D eigenvalue weighted by Gasteiger charge is -2.13. The number of carboxylic acids is 1. The number of thiazole rings is 1. The number of aromatic nitrogens is 2. The van der Waals surface area contributed by atoms with Gasteiger partial charge in [-0.05, 0) is 44.0 Å². The zero-order valence-corrected chi connectivity index (χ0v) is 20.0. The molecule has 184 valence electrons. The zero-order valence-electron chi connectivity index (χ0n) is 18.4. The summed E-state index contributed by atoms with van der Waals surface area (Å²) in [5, 5.41) is 7.57. The third-order valence-corrected chi connectivity index (χ3v) is 6.83. The number of alkyl halides is 3. The molecule has 0 saturated heterocycles. The van der Waals surface area contributed by atoms with Crippen molar-refractivity contribution in [2.45, 2.75) is 31.8 Å². The molecule has 0 amide bonds. The Morgan fingerprint density at radius 3 is 2.26 bits per heavy atom. The van der Waals surface area contributed by atoms with E-state index >= 15 is 0 Å². The van der Waals surface area contributed by atoms with E-state index in [0.717, 1.165) is 21.7 Å². The van der Waals surface area contributed by atoms with Crippen molar-refractivity contribution in [1.82, 2.24) is 9.97 Å². The first-order chi connectivity index (χ1) is 15.7. The van der Waals surface area contributed by atoms with Gasteiger partial charge in [0.2, 0.25) is 5.88 Å². The fourth-order valence-corrected chi connectivity index (χ4v) is 4.89. The van der Waals surface area contributed by atoms with Gasteiger partial charge in [-0.1, -0.05) is 23.5 Å². The molecule has 3 aromatic rings. The zero-order chi connectivity index (χ0) is 25.8. The number of nitrogens with two attached hydrogens (primary N) is 1. The predicted octanol–water partition coefficient (Wildman–Crippen LogP) is 4.16. The number of nitrogens with zero attached hydrogens (tertiary/aromatic N) is 2. The molecule has 0 bridgehead atoms. The summed E-state index contributed by atoms with van der Waals surface area (Å²) in [4.78, 5) is 18.3. The number of aryl methyl sites for hydroxylation is 3. The Balaban J connectivity index is 0.000000509. The number of hydrogen-bond acceptors (Lipinski definition) is 8. The van der Waals surface area contributed by atoms with Crippen molar-refractivity contribution in [3.8, 4) is 16.3 Å². The first kappa shape index (κ1) is 26.9. The van der Waals surface area contributed by atoms with E-state index in [1.54, 1.807) is 32.0 Å². The molecule has 1 aromatic carbocycles. The number of nitrogens with one attached hydrogen (secondary N) is 1. The Morgan fingerprint density at radius 1 is 1.18 bits per heavy atom. The average Bonchev–Trinajstić information content (AvgIpc) is 3.06. The summed E-state index contributed by atoms with van der Waals surface area (Å²) < 4.78 is 65.3. The molecule has 4 N–H and O–H groups in total. The topological polar surface area (TPSA) is 144 Å². The van der Waals surface area contributed by atoms with Gasteiger partial charge in [0.25, 0.3) is 10.0 Å². The van der Waals surface area contributed by atoms with E-state index in [1.807, 2.05) is 13.0 Å². The van der Waals surface area contributed by atoms with Gasteiger partial charge in [-0.15, -0.1) is 0 Å². The lowest BCUT2D eigenvalue weighted by Crippen LogP contribution is -2.21. The number of ether oxygens (including phenoxy) is 1. The SMILES string of the molecule is COc1ncc(NS(=O)(=O)c2cc(-c3sc(N)nc3C)ccc2C)cc1C.O=C(O)C(F)(F)F. The molecule has 2 heterocycles. The fourth-order valence-electron chi connectivity index (χ4n) is 2.76. The number of anilines is 2. The number of rotatable bonds is 5. The Hall–Kier alpha value is -3.39. The Labute approximate surface area is 197 Å². The van der Waals surface area contributed by atoms with Gasteiger partial charge in [0.15, 0.2) is 5.13 Å². The molecule has 0 unspecified atom stereocenters. The molecule has 0 radical (unpaired) electrons. The van der Waals surface area contributed by atoms with E-state index in [1.165, 1.54) is 24.6 Å². The van der Waals surface area contributed by atoms with E-state index in [-0.39, 0.29) is 4.90 Å². The highest BCUT2D eigenvalue weighted by Gasteiger charge is 2.38. The number of pyridine rings is 1. The summed E-state index contributed by atoms with van der Waals surface area (Å²) in [5.74, 6) is -2.30. The number of carboxylic acid groups (broad SMARTS) is 1. The van der Waals surface area contributed by atoms with Crippen molar-refractivity contribution < 1.29 is 36.2 Å². The molecule has 3 rings (SSSR count). The maximum atomic E-state index is 13.0. The number of carbonyl (C=O) groups is 1. The molecule has 0 aliphatic heterocycles. The molecule has 0 atom stereocenters. The summed E-state index contributed by atoms with van der Waals surface area (Å²) in [5.41, 5.74) is 9.05. The highest BCUT2D eigenvalue weighted by atomic mass is 32.2. The molecular weight excluding hydrogens is 497 g/mol. The highest BCUT2D eigenvalue weighted by molar-refractivity contribution is 7.92. The van der Waals surface area contributed by atoms with Crippen LogP contribution < -0.4 is 15.2 Å². The van der Waals surface area contributed by atoms with Crippen LogP contribution in [0, 0.1) is 20.8 Å². The molecule has 0 saturated carbocycles. The number of methoxy groups -OCH3 is 1. The monoisotopic (exact) mass is 518 g/mol. The fraction of sp³-hybridized carbons (Fsp3) is 0.250. The van der Waals surface area contributed by atoms with Gasteiger partial charge >= 0.3 is 12.1 Å². The van der Waals surface area contributed by atoms with Crippen molar-refractivity contribution in [3.63, 3.8) is 0 Å². The summed E-state index contributed by atoms with van der Waals surface area (Å²) in [6.45, 7) is 5.40. The van der Waals surface area contributed by atoms with Gasteiger partial charge in [-0.25, -0.2) is 23.2 Å². The Morgan fingerprint density at radius 2 is 1.79 bits per heavy atom. The highest BCUT2D eigenvalue weighted by Crippen LogP contribution is 2.34. The van der Waals surface area contributed by atoms with Gasteiger partial charge in [-0.2, -0.15) is 13.2 Å². The van der Waals surface area contributed by atoms with Crippen LogP contribution in [0.1, 0.15) is 16.8 Å². The quantitative estimate of drug-likeness (QED) is 0.457. The molecule has 0 spiro atoms. The normalized spacial score (nSPS) is 11.4. The molecular formula is C20H21F3N4O5S2. The van der Waals surface area contributed by atoms with E-state index < -0.39 is 22.2 Å². The minimum Gasteiger partial charge on any atom is -0.481 e. The van der Waals surface area contributed by atoms with E-state index in [9.17, 15) is 21.6 Å². The maximum Gasteiger partial charge on any atom is 0.490 e. The van der Waals surface area contributed by atoms with Crippen LogP contribution in [0.5, 0.6) is 5.88 Å². The number of halogens is 3.